The van der Waals surface area contributed by atoms with Crippen LogP contribution in [0.2, 0.25) is 0 Å². The van der Waals surface area contributed by atoms with Crippen LogP contribution in [0.1, 0.15) is 5.56 Å². The molecule has 1 N–H and O–H groups in total. The van der Waals surface area contributed by atoms with Gasteiger partial charge in [-0.05, 0) is 16.7 Å². The summed E-state index contributed by atoms with van der Waals surface area (Å²) in [5.41, 5.74) is 4.90. The Bertz CT molecular complexity index is 1400. The van der Waals surface area contributed by atoms with Gasteiger partial charge in [0.1, 0.15) is 6.54 Å². The fourth-order valence-corrected chi connectivity index (χ4v) is 3.28. The van der Waals surface area contributed by atoms with Crippen LogP contribution >= 0.6 is 0 Å². The summed E-state index contributed by atoms with van der Waals surface area (Å²) in [5.74, 6) is -0.424. The van der Waals surface area contributed by atoms with Gasteiger partial charge in [0, 0.05) is 14.1 Å². The quantitative estimate of drug-likeness (QED) is 0.391. The lowest BCUT2D eigenvalue weighted by atomic mass is 10.0. The average Bonchev–Trinajstić information content (AvgIpc) is 3.21. The molecule has 156 valence electrons. The summed E-state index contributed by atoms with van der Waals surface area (Å²) >= 11 is 0. The largest absolute Gasteiger partial charge is 0.332 e. The minimum absolute atomic E-state index is 0.159. The van der Waals surface area contributed by atoms with E-state index in [1.165, 1.54) is 29.6 Å². The molecule has 4 rings (SSSR count). The molecule has 0 atom stereocenters. The van der Waals surface area contributed by atoms with E-state index in [9.17, 15) is 14.4 Å². The first-order valence-electron chi connectivity index (χ1n) is 9.54. The molecule has 0 unspecified atom stereocenters. The molecule has 2 aromatic heterocycles. The van der Waals surface area contributed by atoms with Gasteiger partial charge in [0.15, 0.2) is 11.2 Å². The molecule has 9 heteroatoms. The smallest absolute Gasteiger partial charge is 0.315 e. The zero-order chi connectivity index (χ0) is 22.0. The highest BCUT2D eigenvalue weighted by molar-refractivity contribution is 5.84. The van der Waals surface area contributed by atoms with Crippen LogP contribution in [0.4, 0.5) is 0 Å². The fourth-order valence-electron chi connectivity index (χ4n) is 3.28. The predicted octanol–water partition coefficient (Wildman–Crippen LogP) is 1.25. The van der Waals surface area contributed by atoms with Crippen LogP contribution in [0.25, 0.3) is 22.3 Å². The number of nitrogens with one attached hydrogen (secondary N) is 1. The fraction of sp³-hybridized carbons (Fsp3) is 0.136. The number of hydrogen-bond donors (Lipinski definition) is 1. The van der Waals surface area contributed by atoms with Crippen LogP contribution in [-0.2, 0) is 25.4 Å². The predicted molar refractivity (Wildman–Crippen MR) is 118 cm³/mol. The van der Waals surface area contributed by atoms with Gasteiger partial charge in [-0.25, -0.2) is 15.2 Å². The van der Waals surface area contributed by atoms with Crippen LogP contribution < -0.4 is 16.7 Å². The number of hydrogen-bond acceptors (Lipinski definition) is 5. The summed E-state index contributed by atoms with van der Waals surface area (Å²) in [7, 11) is 2.91. The second-order valence-corrected chi connectivity index (χ2v) is 7.03. The van der Waals surface area contributed by atoms with Gasteiger partial charge in [-0.1, -0.05) is 54.6 Å². The molecule has 0 saturated heterocycles. The summed E-state index contributed by atoms with van der Waals surface area (Å²) in [6, 6.07) is 17.8. The molecule has 0 bridgehead atoms. The van der Waals surface area contributed by atoms with Crippen LogP contribution in [0.15, 0.2) is 75.6 Å². The lowest BCUT2D eigenvalue weighted by Gasteiger charge is -2.06. The van der Waals surface area contributed by atoms with Crippen LogP contribution in [0, 0.1) is 0 Å². The first kappa shape index (κ1) is 20.0. The standard InChI is InChI=1S/C22H20N6O3/c1-26-20-19(21(30)27(2)22(26)31)28(14-23-20)13-18(29)25-24-12-15-8-10-17(11-9-15)16-6-4-3-5-7-16/h3-12,14H,13H2,1-2H3,(H,25,29)/b24-12+. The summed E-state index contributed by atoms with van der Waals surface area (Å²) < 4.78 is 3.65. The molecule has 0 saturated carbocycles. The SMILES string of the molecule is Cn1c(=O)c2c(ncn2CC(=O)N/N=C/c2ccc(-c3ccccc3)cc2)n(C)c1=O. The van der Waals surface area contributed by atoms with E-state index >= 15 is 0 Å². The van der Waals surface area contributed by atoms with E-state index in [2.05, 4.69) is 15.5 Å². The van der Waals surface area contributed by atoms with Gasteiger partial charge in [-0.3, -0.25) is 18.7 Å². The van der Waals surface area contributed by atoms with Gasteiger partial charge in [0.2, 0.25) is 0 Å². The maximum absolute atomic E-state index is 12.4. The first-order valence-corrected chi connectivity index (χ1v) is 9.54. The first-order chi connectivity index (χ1) is 15.0. The minimum Gasteiger partial charge on any atom is -0.315 e. The van der Waals surface area contributed by atoms with Crippen molar-refractivity contribution in [3.63, 3.8) is 0 Å². The van der Waals surface area contributed by atoms with Gasteiger partial charge >= 0.3 is 5.69 Å². The maximum Gasteiger partial charge on any atom is 0.332 e. The van der Waals surface area contributed by atoms with Crippen molar-refractivity contribution in [3.8, 4) is 11.1 Å². The number of nitrogens with zero attached hydrogens (tertiary/aromatic N) is 5. The Morgan fingerprint density at radius 1 is 1.00 bits per heavy atom. The normalized spacial score (nSPS) is 11.3. The number of aromatic nitrogens is 4. The second-order valence-electron chi connectivity index (χ2n) is 7.03. The summed E-state index contributed by atoms with van der Waals surface area (Å²) in [6.07, 6.45) is 2.90. The van der Waals surface area contributed by atoms with Crippen LogP contribution in [0.5, 0.6) is 0 Å². The van der Waals surface area contributed by atoms with E-state index in [4.69, 9.17) is 0 Å². The highest BCUT2D eigenvalue weighted by atomic mass is 16.2. The van der Waals surface area contributed by atoms with Crippen LogP contribution in [0.3, 0.4) is 0 Å². The van der Waals surface area contributed by atoms with Gasteiger partial charge in [-0.15, -0.1) is 0 Å². The third-order valence-electron chi connectivity index (χ3n) is 4.95. The second kappa shape index (κ2) is 8.23. The van der Waals surface area contributed by atoms with E-state index in [-0.39, 0.29) is 17.7 Å². The van der Waals surface area contributed by atoms with Crippen LogP contribution in [-0.4, -0.2) is 30.8 Å². The van der Waals surface area contributed by atoms with Crippen molar-refractivity contribution in [2.24, 2.45) is 19.2 Å². The van der Waals surface area contributed by atoms with Gasteiger partial charge in [-0.2, -0.15) is 5.10 Å². The van der Waals surface area contributed by atoms with Crippen molar-refractivity contribution in [3.05, 3.63) is 87.3 Å². The number of fused-ring (bicyclic) bond motifs is 1. The minimum atomic E-state index is -0.509. The summed E-state index contributed by atoms with van der Waals surface area (Å²) in [6.45, 7) is -0.159. The van der Waals surface area contributed by atoms with Crippen molar-refractivity contribution in [1.29, 1.82) is 0 Å². The van der Waals surface area contributed by atoms with E-state index in [0.717, 1.165) is 21.3 Å². The molecule has 4 aromatic rings. The van der Waals surface area contributed by atoms with Crippen molar-refractivity contribution >= 4 is 23.3 Å². The highest BCUT2D eigenvalue weighted by Crippen LogP contribution is 2.18. The van der Waals surface area contributed by atoms with Gasteiger partial charge in [0.05, 0.1) is 12.5 Å². The lowest BCUT2D eigenvalue weighted by molar-refractivity contribution is -0.121. The molecule has 0 aliphatic rings. The molecule has 0 fully saturated rings. The number of rotatable bonds is 5. The van der Waals surface area contributed by atoms with Crippen molar-refractivity contribution in [1.82, 2.24) is 24.1 Å². The highest BCUT2D eigenvalue weighted by Gasteiger charge is 2.15. The Kier molecular flexibility index (Phi) is 5.31. The molecule has 0 aliphatic heterocycles. The molecule has 1 amide bonds. The summed E-state index contributed by atoms with van der Waals surface area (Å²) in [5, 5.41) is 3.98. The third-order valence-corrected chi connectivity index (χ3v) is 4.95. The molecule has 0 aliphatic carbocycles. The monoisotopic (exact) mass is 416 g/mol. The number of amides is 1. The van der Waals surface area contributed by atoms with Crippen molar-refractivity contribution in [2.75, 3.05) is 0 Å². The van der Waals surface area contributed by atoms with E-state index in [0.29, 0.717) is 0 Å². The molecule has 2 heterocycles. The number of imidazole rings is 1. The maximum atomic E-state index is 12.4. The van der Waals surface area contributed by atoms with Gasteiger partial charge in [0.25, 0.3) is 11.5 Å². The zero-order valence-electron chi connectivity index (χ0n) is 17.0. The van der Waals surface area contributed by atoms with E-state index in [1.54, 1.807) is 6.21 Å². The topological polar surface area (TPSA) is 103 Å². The third kappa shape index (κ3) is 3.93. The molecule has 9 nitrogen and oxygen atoms in total. The Labute approximate surface area is 176 Å². The molecule has 0 radical (unpaired) electrons. The average molecular weight is 416 g/mol. The lowest BCUT2D eigenvalue weighted by Crippen LogP contribution is -2.38. The number of carbonyl (C=O) groups is 1. The number of hydrazone groups is 1. The Morgan fingerprint density at radius 3 is 2.39 bits per heavy atom. The Balaban J connectivity index is 1.45. The molecular formula is C22H20N6O3. The van der Waals surface area contributed by atoms with Crippen molar-refractivity contribution in [2.45, 2.75) is 6.54 Å². The molecule has 2 aromatic carbocycles. The van der Waals surface area contributed by atoms with E-state index in [1.807, 2.05) is 54.6 Å². The molecular weight excluding hydrogens is 396 g/mol. The Morgan fingerprint density at radius 2 is 1.68 bits per heavy atom. The van der Waals surface area contributed by atoms with Gasteiger partial charge < -0.3 is 4.57 Å². The number of benzene rings is 2. The number of aryl methyl sites for hydroxylation is 1. The molecule has 0 spiro atoms. The van der Waals surface area contributed by atoms with E-state index < -0.39 is 17.2 Å². The summed E-state index contributed by atoms with van der Waals surface area (Å²) in [4.78, 5) is 40.8. The Hall–Kier alpha value is -4.27. The van der Waals surface area contributed by atoms with Crippen molar-refractivity contribution < 1.29 is 4.79 Å². The molecule has 31 heavy (non-hydrogen) atoms. The zero-order valence-corrected chi connectivity index (χ0v) is 17.0. The number of carbonyl (C=O) groups excluding carboxylic acids is 1.